The second kappa shape index (κ2) is 10.6. The highest BCUT2D eigenvalue weighted by atomic mass is 32.2. The number of rotatable bonds is 8. The van der Waals surface area contributed by atoms with Gasteiger partial charge in [-0.2, -0.15) is 0 Å². The SMILES string of the molecule is CCOC(=O)N1CCc2c(sc(NC(=O)CCCSc3ccc(F)cc3)c2C(N)=O)C1. The molecule has 3 N–H and O–H groups in total. The molecule has 2 heterocycles. The van der Waals surface area contributed by atoms with E-state index in [1.54, 1.807) is 35.7 Å². The minimum absolute atomic E-state index is 0.206. The first-order chi connectivity index (χ1) is 14.9. The summed E-state index contributed by atoms with van der Waals surface area (Å²) in [5, 5.41) is 3.24. The molecular formula is C21H24FN3O4S2. The van der Waals surface area contributed by atoms with Crippen molar-refractivity contribution in [3.05, 3.63) is 46.1 Å². The number of nitrogens with two attached hydrogens (primary N) is 1. The van der Waals surface area contributed by atoms with Crippen molar-refractivity contribution in [1.29, 1.82) is 0 Å². The Labute approximate surface area is 188 Å². The van der Waals surface area contributed by atoms with Crippen molar-refractivity contribution in [2.75, 3.05) is 24.2 Å². The minimum Gasteiger partial charge on any atom is -0.450 e. The van der Waals surface area contributed by atoms with Gasteiger partial charge < -0.3 is 20.7 Å². The summed E-state index contributed by atoms with van der Waals surface area (Å²) in [5.74, 6) is -0.373. The lowest BCUT2D eigenvalue weighted by Crippen LogP contribution is -2.36. The monoisotopic (exact) mass is 465 g/mol. The smallest absolute Gasteiger partial charge is 0.410 e. The number of primary amides is 1. The second-order valence-electron chi connectivity index (χ2n) is 6.90. The molecule has 2 aromatic rings. The number of hydrogen-bond donors (Lipinski definition) is 2. The van der Waals surface area contributed by atoms with E-state index in [4.69, 9.17) is 10.5 Å². The van der Waals surface area contributed by atoms with E-state index in [1.165, 1.54) is 23.5 Å². The summed E-state index contributed by atoms with van der Waals surface area (Å²) in [4.78, 5) is 39.8. The number of ether oxygens (including phenoxy) is 1. The van der Waals surface area contributed by atoms with Crippen LogP contribution in [0, 0.1) is 5.82 Å². The zero-order valence-corrected chi connectivity index (χ0v) is 18.7. The number of carbonyl (C=O) groups excluding carboxylic acids is 3. The van der Waals surface area contributed by atoms with Crippen LogP contribution in [-0.4, -0.2) is 41.7 Å². The van der Waals surface area contributed by atoms with Crippen LogP contribution in [0.5, 0.6) is 0 Å². The number of benzene rings is 1. The van der Waals surface area contributed by atoms with Gasteiger partial charge in [-0.05, 0) is 55.3 Å². The molecule has 7 nitrogen and oxygen atoms in total. The fraction of sp³-hybridized carbons (Fsp3) is 0.381. The van der Waals surface area contributed by atoms with Crippen molar-refractivity contribution in [3.8, 4) is 0 Å². The maximum absolute atomic E-state index is 12.9. The van der Waals surface area contributed by atoms with Gasteiger partial charge in [0.05, 0.1) is 18.7 Å². The number of halogens is 1. The third-order valence-electron chi connectivity index (χ3n) is 4.71. The summed E-state index contributed by atoms with van der Waals surface area (Å²) < 4.78 is 18.0. The fourth-order valence-electron chi connectivity index (χ4n) is 3.27. The van der Waals surface area contributed by atoms with E-state index in [9.17, 15) is 18.8 Å². The van der Waals surface area contributed by atoms with Gasteiger partial charge in [-0.25, -0.2) is 9.18 Å². The Bertz CT molecular complexity index is 962. The number of anilines is 1. The Morgan fingerprint density at radius 2 is 2.03 bits per heavy atom. The van der Waals surface area contributed by atoms with Gasteiger partial charge in [0.25, 0.3) is 5.91 Å². The van der Waals surface area contributed by atoms with E-state index in [-0.39, 0.29) is 18.1 Å². The largest absolute Gasteiger partial charge is 0.450 e. The number of nitrogens with one attached hydrogen (secondary N) is 1. The van der Waals surface area contributed by atoms with Gasteiger partial charge in [0.2, 0.25) is 5.91 Å². The number of hydrogen-bond acceptors (Lipinski definition) is 6. The van der Waals surface area contributed by atoms with Gasteiger partial charge in [-0.3, -0.25) is 9.59 Å². The lowest BCUT2D eigenvalue weighted by Gasteiger charge is -2.26. The molecule has 166 valence electrons. The molecule has 0 aliphatic carbocycles. The van der Waals surface area contributed by atoms with Gasteiger partial charge >= 0.3 is 6.09 Å². The van der Waals surface area contributed by atoms with E-state index in [2.05, 4.69) is 5.32 Å². The molecule has 0 bridgehead atoms. The van der Waals surface area contributed by atoms with Crippen molar-refractivity contribution in [2.24, 2.45) is 5.73 Å². The molecule has 0 saturated heterocycles. The van der Waals surface area contributed by atoms with Gasteiger partial charge in [-0.15, -0.1) is 23.1 Å². The number of amides is 3. The first kappa shape index (κ1) is 23.1. The number of carbonyl (C=O) groups is 3. The quantitative estimate of drug-likeness (QED) is 0.453. The molecule has 3 amide bonds. The molecule has 1 aromatic carbocycles. The molecule has 1 aromatic heterocycles. The van der Waals surface area contributed by atoms with Crippen LogP contribution in [0.25, 0.3) is 0 Å². The van der Waals surface area contributed by atoms with Crippen LogP contribution in [-0.2, 0) is 22.5 Å². The molecule has 10 heteroatoms. The maximum atomic E-state index is 12.9. The topological polar surface area (TPSA) is 102 Å². The van der Waals surface area contributed by atoms with E-state index < -0.39 is 12.0 Å². The zero-order chi connectivity index (χ0) is 22.4. The summed E-state index contributed by atoms with van der Waals surface area (Å²) in [6.45, 7) is 2.79. The van der Waals surface area contributed by atoms with E-state index in [0.717, 1.165) is 15.3 Å². The van der Waals surface area contributed by atoms with Crippen molar-refractivity contribution < 1.29 is 23.5 Å². The van der Waals surface area contributed by atoms with Crippen molar-refractivity contribution in [2.45, 2.75) is 37.6 Å². The first-order valence-corrected chi connectivity index (χ1v) is 11.7. The standard InChI is InChI=1S/C21H24FN3O4S2/c1-2-29-21(28)25-10-9-15-16(12-25)31-20(18(15)19(23)27)24-17(26)4-3-11-30-14-7-5-13(22)6-8-14/h5-8H,2-4,9-12H2,1H3,(H2,23,27)(H,24,26). The van der Waals surface area contributed by atoms with Crippen LogP contribution in [0.3, 0.4) is 0 Å². The molecule has 0 saturated carbocycles. The van der Waals surface area contributed by atoms with Crippen LogP contribution >= 0.6 is 23.1 Å². The van der Waals surface area contributed by atoms with Crippen LogP contribution < -0.4 is 11.1 Å². The van der Waals surface area contributed by atoms with E-state index >= 15 is 0 Å². The van der Waals surface area contributed by atoms with Crippen LogP contribution in [0.2, 0.25) is 0 Å². The van der Waals surface area contributed by atoms with Crippen LogP contribution in [0.4, 0.5) is 14.2 Å². The minimum atomic E-state index is -0.593. The highest BCUT2D eigenvalue weighted by Gasteiger charge is 2.29. The summed E-state index contributed by atoms with van der Waals surface area (Å²) >= 11 is 2.82. The van der Waals surface area contributed by atoms with Gasteiger partial charge in [0.1, 0.15) is 10.8 Å². The van der Waals surface area contributed by atoms with Crippen molar-refractivity contribution in [3.63, 3.8) is 0 Å². The first-order valence-electron chi connectivity index (χ1n) is 9.93. The summed E-state index contributed by atoms with van der Waals surface area (Å²) in [6, 6.07) is 6.22. The van der Waals surface area contributed by atoms with Gasteiger partial charge in [-0.1, -0.05) is 0 Å². The number of thiophene rings is 1. The summed E-state index contributed by atoms with van der Waals surface area (Å²) in [7, 11) is 0. The normalized spacial score (nSPS) is 12.9. The summed E-state index contributed by atoms with van der Waals surface area (Å²) in [5.41, 5.74) is 6.70. The van der Waals surface area contributed by atoms with E-state index in [1.807, 2.05) is 0 Å². The lowest BCUT2D eigenvalue weighted by atomic mass is 10.0. The molecule has 0 atom stereocenters. The highest BCUT2D eigenvalue weighted by Crippen LogP contribution is 2.37. The number of nitrogens with zero attached hydrogens (tertiary/aromatic N) is 1. The van der Waals surface area contributed by atoms with Crippen LogP contribution in [0.1, 0.15) is 40.6 Å². The van der Waals surface area contributed by atoms with Crippen LogP contribution in [0.15, 0.2) is 29.2 Å². The zero-order valence-electron chi connectivity index (χ0n) is 17.1. The Morgan fingerprint density at radius 3 is 2.71 bits per heavy atom. The van der Waals surface area contributed by atoms with Crippen molar-refractivity contribution in [1.82, 2.24) is 4.90 Å². The predicted molar refractivity (Wildman–Crippen MR) is 119 cm³/mol. The third kappa shape index (κ3) is 5.98. The molecule has 3 rings (SSSR count). The second-order valence-corrected chi connectivity index (χ2v) is 9.17. The lowest BCUT2D eigenvalue weighted by molar-refractivity contribution is -0.116. The Balaban J connectivity index is 1.58. The Hall–Kier alpha value is -2.59. The molecule has 0 unspecified atom stereocenters. The fourth-order valence-corrected chi connectivity index (χ4v) is 5.40. The Morgan fingerprint density at radius 1 is 1.29 bits per heavy atom. The number of thioether (sulfide) groups is 1. The number of fused-ring (bicyclic) bond motifs is 1. The Kier molecular flexibility index (Phi) is 7.91. The average molecular weight is 466 g/mol. The average Bonchev–Trinajstić information content (AvgIpc) is 3.09. The van der Waals surface area contributed by atoms with Gasteiger partial charge in [0, 0.05) is 22.7 Å². The highest BCUT2D eigenvalue weighted by molar-refractivity contribution is 7.99. The van der Waals surface area contributed by atoms with Gasteiger partial charge in [0.15, 0.2) is 0 Å². The predicted octanol–water partition coefficient (Wildman–Crippen LogP) is 4.01. The molecular weight excluding hydrogens is 441 g/mol. The molecule has 1 aliphatic rings. The molecule has 0 radical (unpaired) electrons. The van der Waals surface area contributed by atoms with Crippen molar-refractivity contribution >= 4 is 46.0 Å². The molecule has 31 heavy (non-hydrogen) atoms. The molecule has 1 aliphatic heterocycles. The molecule has 0 spiro atoms. The summed E-state index contributed by atoms with van der Waals surface area (Å²) in [6.07, 6.45) is 0.991. The third-order valence-corrected chi connectivity index (χ3v) is 6.94. The maximum Gasteiger partial charge on any atom is 0.410 e. The van der Waals surface area contributed by atoms with E-state index in [0.29, 0.717) is 48.9 Å². The molecule has 0 fully saturated rings.